The van der Waals surface area contributed by atoms with Crippen LogP contribution in [0, 0.1) is 13.8 Å². The standard InChI is InChI=1S/C10H14N2O2/c1-6-4-8(10(13)14-3)9(12-11)5-7(6)2/h4-5,12H,11H2,1-3H3. The fraction of sp³-hybridized carbons (Fsp3) is 0.300. The Hall–Kier alpha value is -1.55. The number of aryl methyl sites for hydroxylation is 2. The molecule has 0 heterocycles. The second kappa shape index (κ2) is 4.11. The van der Waals surface area contributed by atoms with E-state index < -0.39 is 0 Å². The number of anilines is 1. The first-order valence-electron chi connectivity index (χ1n) is 4.26. The number of hydrazine groups is 1. The van der Waals surface area contributed by atoms with Crippen LogP contribution in [0.4, 0.5) is 5.69 Å². The predicted molar refractivity (Wildman–Crippen MR) is 55.1 cm³/mol. The Kier molecular flexibility index (Phi) is 3.09. The van der Waals surface area contributed by atoms with Crippen LogP contribution in [0.3, 0.4) is 0 Å². The highest BCUT2D eigenvalue weighted by Gasteiger charge is 2.12. The molecule has 1 aromatic carbocycles. The van der Waals surface area contributed by atoms with Gasteiger partial charge in [-0.1, -0.05) is 0 Å². The Bertz CT molecular complexity index is 361. The quantitative estimate of drug-likeness (QED) is 0.424. The maximum Gasteiger partial charge on any atom is 0.340 e. The van der Waals surface area contributed by atoms with E-state index in [0.29, 0.717) is 11.3 Å². The van der Waals surface area contributed by atoms with Gasteiger partial charge in [0, 0.05) is 0 Å². The molecule has 0 saturated heterocycles. The molecule has 0 atom stereocenters. The van der Waals surface area contributed by atoms with Gasteiger partial charge in [-0.05, 0) is 37.1 Å². The van der Waals surface area contributed by atoms with Gasteiger partial charge in [-0.25, -0.2) is 4.79 Å². The van der Waals surface area contributed by atoms with Gasteiger partial charge < -0.3 is 10.2 Å². The zero-order valence-electron chi connectivity index (χ0n) is 8.55. The number of hydrogen-bond acceptors (Lipinski definition) is 4. The van der Waals surface area contributed by atoms with Crippen molar-refractivity contribution in [3.05, 3.63) is 28.8 Å². The number of nitrogens with two attached hydrogens (primary N) is 1. The van der Waals surface area contributed by atoms with E-state index in [1.807, 2.05) is 19.9 Å². The van der Waals surface area contributed by atoms with Gasteiger partial charge in [0.2, 0.25) is 0 Å². The second-order valence-electron chi connectivity index (χ2n) is 3.12. The maximum atomic E-state index is 11.3. The number of hydrogen-bond donors (Lipinski definition) is 2. The summed E-state index contributed by atoms with van der Waals surface area (Å²) in [6.45, 7) is 3.89. The van der Waals surface area contributed by atoms with E-state index in [-0.39, 0.29) is 5.97 Å². The highest BCUT2D eigenvalue weighted by atomic mass is 16.5. The fourth-order valence-corrected chi connectivity index (χ4v) is 1.21. The van der Waals surface area contributed by atoms with Gasteiger partial charge in [0.05, 0.1) is 18.4 Å². The van der Waals surface area contributed by atoms with Gasteiger partial charge in [-0.2, -0.15) is 0 Å². The van der Waals surface area contributed by atoms with Crippen molar-refractivity contribution in [2.75, 3.05) is 12.5 Å². The van der Waals surface area contributed by atoms with Crippen molar-refractivity contribution in [2.24, 2.45) is 5.84 Å². The van der Waals surface area contributed by atoms with Crippen LogP contribution in [0.25, 0.3) is 0 Å². The summed E-state index contributed by atoms with van der Waals surface area (Å²) < 4.78 is 4.64. The minimum Gasteiger partial charge on any atom is -0.465 e. The largest absolute Gasteiger partial charge is 0.465 e. The van der Waals surface area contributed by atoms with Crippen molar-refractivity contribution in [1.29, 1.82) is 0 Å². The predicted octanol–water partition coefficient (Wildman–Crippen LogP) is 1.38. The number of esters is 1. The number of benzene rings is 1. The molecule has 0 aliphatic heterocycles. The van der Waals surface area contributed by atoms with Gasteiger partial charge >= 0.3 is 5.97 Å². The zero-order chi connectivity index (χ0) is 10.7. The normalized spacial score (nSPS) is 9.71. The van der Waals surface area contributed by atoms with Gasteiger partial charge in [-0.15, -0.1) is 0 Å². The lowest BCUT2D eigenvalue weighted by atomic mass is 10.0. The number of ether oxygens (including phenoxy) is 1. The number of nitrogens with one attached hydrogen (secondary N) is 1. The molecule has 0 radical (unpaired) electrons. The smallest absolute Gasteiger partial charge is 0.340 e. The van der Waals surface area contributed by atoms with Crippen LogP contribution in [0.5, 0.6) is 0 Å². The molecule has 0 aliphatic rings. The minimum absolute atomic E-state index is 0.388. The summed E-state index contributed by atoms with van der Waals surface area (Å²) in [6, 6.07) is 3.58. The van der Waals surface area contributed by atoms with E-state index in [2.05, 4.69) is 10.2 Å². The minimum atomic E-state index is -0.388. The molecule has 4 nitrogen and oxygen atoms in total. The van der Waals surface area contributed by atoms with Gasteiger partial charge in [-0.3, -0.25) is 5.84 Å². The molecule has 0 aromatic heterocycles. The summed E-state index contributed by atoms with van der Waals surface area (Å²) in [7, 11) is 1.35. The number of carbonyl (C=O) groups excluding carboxylic acids is 1. The Morgan fingerprint density at radius 2 is 1.93 bits per heavy atom. The molecule has 0 saturated carbocycles. The Morgan fingerprint density at radius 1 is 1.36 bits per heavy atom. The van der Waals surface area contributed by atoms with Crippen LogP contribution in [-0.4, -0.2) is 13.1 Å². The van der Waals surface area contributed by atoms with E-state index in [1.54, 1.807) is 6.07 Å². The summed E-state index contributed by atoms with van der Waals surface area (Å²) in [4.78, 5) is 11.3. The second-order valence-corrected chi connectivity index (χ2v) is 3.12. The molecule has 0 unspecified atom stereocenters. The van der Waals surface area contributed by atoms with Crippen molar-refractivity contribution < 1.29 is 9.53 Å². The van der Waals surface area contributed by atoms with Crippen LogP contribution in [0.2, 0.25) is 0 Å². The fourth-order valence-electron chi connectivity index (χ4n) is 1.21. The molecule has 0 aliphatic carbocycles. The third-order valence-corrected chi connectivity index (χ3v) is 2.19. The topological polar surface area (TPSA) is 64.3 Å². The van der Waals surface area contributed by atoms with E-state index in [0.717, 1.165) is 11.1 Å². The monoisotopic (exact) mass is 194 g/mol. The molecule has 0 spiro atoms. The van der Waals surface area contributed by atoms with Gasteiger partial charge in [0.1, 0.15) is 0 Å². The van der Waals surface area contributed by atoms with Crippen LogP contribution in [0.15, 0.2) is 12.1 Å². The van der Waals surface area contributed by atoms with Crippen LogP contribution in [0.1, 0.15) is 21.5 Å². The molecule has 0 fully saturated rings. The van der Waals surface area contributed by atoms with E-state index in [1.165, 1.54) is 7.11 Å². The number of nitrogen functional groups attached to an aromatic ring is 1. The van der Waals surface area contributed by atoms with E-state index >= 15 is 0 Å². The lowest BCUT2D eigenvalue weighted by Crippen LogP contribution is -2.13. The third-order valence-electron chi connectivity index (χ3n) is 2.19. The molecule has 1 aromatic rings. The molecule has 76 valence electrons. The summed E-state index contributed by atoms with van der Waals surface area (Å²) in [5.41, 5.74) is 5.62. The molecule has 14 heavy (non-hydrogen) atoms. The summed E-state index contributed by atoms with van der Waals surface area (Å²) in [5.74, 6) is 4.92. The summed E-state index contributed by atoms with van der Waals surface area (Å²) in [5, 5.41) is 0. The molecule has 4 heteroatoms. The number of methoxy groups -OCH3 is 1. The Morgan fingerprint density at radius 3 is 2.43 bits per heavy atom. The Balaban J connectivity index is 3.27. The van der Waals surface area contributed by atoms with Crippen molar-refractivity contribution in [3.8, 4) is 0 Å². The maximum absolute atomic E-state index is 11.3. The molecular formula is C10H14N2O2. The third kappa shape index (κ3) is 1.85. The first kappa shape index (κ1) is 10.5. The van der Waals surface area contributed by atoms with E-state index in [4.69, 9.17) is 5.84 Å². The SMILES string of the molecule is COC(=O)c1cc(C)c(C)cc1NN. The van der Waals surface area contributed by atoms with Crippen molar-refractivity contribution in [1.82, 2.24) is 0 Å². The average Bonchev–Trinajstić information content (AvgIpc) is 2.20. The van der Waals surface area contributed by atoms with Crippen molar-refractivity contribution >= 4 is 11.7 Å². The molecule has 0 bridgehead atoms. The van der Waals surface area contributed by atoms with Crippen LogP contribution in [-0.2, 0) is 4.74 Å². The Labute approximate surface area is 83.0 Å². The molecular weight excluding hydrogens is 180 g/mol. The van der Waals surface area contributed by atoms with Crippen LogP contribution < -0.4 is 11.3 Å². The lowest BCUT2D eigenvalue weighted by Gasteiger charge is -2.10. The van der Waals surface area contributed by atoms with Crippen molar-refractivity contribution in [3.63, 3.8) is 0 Å². The molecule has 0 amide bonds. The van der Waals surface area contributed by atoms with Crippen LogP contribution >= 0.6 is 0 Å². The summed E-state index contributed by atoms with van der Waals surface area (Å²) >= 11 is 0. The van der Waals surface area contributed by atoms with Crippen molar-refractivity contribution in [2.45, 2.75) is 13.8 Å². The average molecular weight is 194 g/mol. The van der Waals surface area contributed by atoms with E-state index in [9.17, 15) is 4.79 Å². The summed E-state index contributed by atoms with van der Waals surface area (Å²) in [6.07, 6.45) is 0. The number of rotatable bonds is 2. The molecule has 3 N–H and O–H groups in total. The first-order valence-corrected chi connectivity index (χ1v) is 4.26. The zero-order valence-corrected chi connectivity index (χ0v) is 8.55. The highest BCUT2D eigenvalue weighted by Crippen LogP contribution is 2.20. The lowest BCUT2D eigenvalue weighted by molar-refractivity contribution is 0.0601. The number of carbonyl (C=O) groups is 1. The first-order chi connectivity index (χ1) is 6.60. The van der Waals surface area contributed by atoms with Gasteiger partial charge in [0.25, 0.3) is 0 Å². The van der Waals surface area contributed by atoms with Gasteiger partial charge in [0.15, 0.2) is 0 Å². The molecule has 1 rings (SSSR count). The highest BCUT2D eigenvalue weighted by molar-refractivity contribution is 5.95.